The number of ether oxygens (including phenoxy) is 3. The van der Waals surface area contributed by atoms with Gasteiger partial charge in [-0.2, -0.15) is 0 Å². The Kier molecular flexibility index (Phi) is 11.1. The number of aliphatic hydroxyl groups excluding tert-OH is 1. The fourth-order valence-corrected chi connectivity index (χ4v) is 12.0. The van der Waals surface area contributed by atoms with E-state index >= 15 is 14.0 Å². The topological polar surface area (TPSA) is 121 Å². The summed E-state index contributed by atoms with van der Waals surface area (Å²) in [5.41, 5.74) is 0.448. The Morgan fingerprint density at radius 3 is 2.05 bits per heavy atom. The first-order chi connectivity index (χ1) is 28.1. The fourth-order valence-electron chi connectivity index (χ4n) is 9.10. The van der Waals surface area contributed by atoms with E-state index in [0.717, 1.165) is 16.7 Å². The summed E-state index contributed by atoms with van der Waals surface area (Å²) in [4.78, 5) is 32.7. The van der Waals surface area contributed by atoms with Gasteiger partial charge in [0.25, 0.3) is 5.88 Å². The van der Waals surface area contributed by atoms with Crippen molar-refractivity contribution in [2.75, 3.05) is 7.05 Å². The first-order valence-electron chi connectivity index (χ1n) is 20.2. The molecule has 8 rings (SSSR count). The Morgan fingerprint density at radius 2 is 1.45 bits per heavy atom. The van der Waals surface area contributed by atoms with Gasteiger partial charge in [-0.25, -0.2) is 4.39 Å². The van der Waals surface area contributed by atoms with Gasteiger partial charge in [0.05, 0.1) is 17.6 Å². The lowest BCUT2D eigenvalue weighted by atomic mass is 9.65. The van der Waals surface area contributed by atoms with Gasteiger partial charge in [-0.15, -0.1) is 0 Å². The highest BCUT2D eigenvalue weighted by Crippen LogP contribution is 2.56. The SMILES string of the molecule is CC[Si](CC)(CC)O[C@@]12C(=O)c3c(OCc4ccccc4)noc3[C@@H](N(C)Cc3ccccc3)[C@@H]1O[C@@H]1CC3C(F)=CC=C(OCc4ccccc4)C3C(=O)C1=C2O. The molecule has 302 valence electrons. The molecule has 0 saturated heterocycles. The number of Topliss-reactive ketones (excluding diaryl/α,β-unsaturated/α-hetero) is 2. The number of carbonyl (C=O) groups is 2. The van der Waals surface area contributed by atoms with E-state index in [1.807, 2.05) is 124 Å². The van der Waals surface area contributed by atoms with Gasteiger partial charge < -0.3 is 28.3 Å². The lowest BCUT2D eigenvalue weighted by molar-refractivity contribution is -0.165. The number of carbonyl (C=O) groups excluding carboxylic acids is 2. The van der Waals surface area contributed by atoms with Crippen LogP contribution in [-0.2, 0) is 38.5 Å². The standard InChI is InChI=1S/C46H49FN2O8Si/c1-5-58(6-2,7-3)57-46-42(51)37-35(25-32-33(47)23-24-34(36(32)40(37)50)53-27-30-19-13-9-14-20-30)55-44(46)39(49(4)26-29-17-11-8-12-18-29)41-38(43(46)52)45(48-56-41)54-28-31-21-15-10-16-22-31/h8-24,32,35-36,39,44,51H,5-7,25-28H2,1-4H3/t32?,35-,36?,39-,44+,46+/m1/s1. The Morgan fingerprint density at radius 1 is 0.862 bits per heavy atom. The molecule has 4 aromatic rings. The monoisotopic (exact) mass is 804 g/mol. The van der Waals surface area contributed by atoms with Gasteiger partial charge in [0.15, 0.2) is 19.9 Å². The number of aliphatic hydroxyl groups is 1. The zero-order chi connectivity index (χ0) is 40.6. The zero-order valence-corrected chi connectivity index (χ0v) is 34.2. The van der Waals surface area contributed by atoms with Crippen LogP contribution in [0.2, 0.25) is 18.1 Å². The molecule has 1 fully saturated rings. The number of halogens is 1. The van der Waals surface area contributed by atoms with Gasteiger partial charge in [-0.3, -0.25) is 14.5 Å². The second-order valence-electron chi connectivity index (χ2n) is 15.6. The van der Waals surface area contributed by atoms with Crippen LogP contribution in [0, 0.1) is 11.8 Å². The van der Waals surface area contributed by atoms with Crippen molar-refractivity contribution in [1.29, 1.82) is 0 Å². The molecule has 0 bridgehead atoms. The van der Waals surface area contributed by atoms with Crippen molar-refractivity contribution in [3.05, 3.63) is 154 Å². The quantitative estimate of drug-likeness (QED) is 0.124. The second kappa shape index (κ2) is 16.2. The van der Waals surface area contributed by atoms with Crippen LogP contribution in [0.3, 0.4) is 0 Å². The Bertz CT molecular complexity index is 2230. The van der Waals surface area contributed by atoms with Crippen LogP contribution in [0.4, 0.5) is 4.39 Å². The predicted molar refractivity (Wildman–Crippen MR) is 217 cm³/mol. The molecule has 4 aliphatic rings. The molecule has 10 nitrogen and oxygen atoms in total. The average molecular weight is 805 g/mol. The Labute approximate surface area is 339 Å². The number of ketones is 2. The van der Waals surface area contributed by atoms with E-state index in [2.05, 4.69) is 5.16 Å². The van der Waals surface area contributed by atoms with Crippen molar-refractivity contribution in [2.24, 2.45) is 11.8 Å². The minimum absolute atomic E-state index is 0.0205. The van der Waals surface area contributed by atoms with Crippen LogP contribution in [-0.4, -0.2) is 59.9 Å². The van der Waals surface area contributed by atoms with Gasteiger partial charge in [0.2, 0.25) is 11.4 Å². The number of hydrogen-bond donors (Lipinski definition) is 1. The minimum Gasteiger partial charge on any atom is -0.508 e. The third-order valence-electron chi connectivity index (χ3n) is 12.5. The summed E-state index contributed by atoms with van der Waals surface area (Å²) in [6.07, 6.45) is 0.555. The number of nitrogens with zero attached hydrogens (tertiary/aromatic N) is 2. The number of aromatic nitrogens is 1. The molecule has 1 N–H and O–H groups in total. The summed E-state index contributed by atoms with van der Waals surface area (Å²) in [5, 5.41) is 17.3. The minimum atomic E-state index is -2.84. The highest BCUT2D eigenvalue weighted by atomic mass is 28.4. The van der Waals surface area contributed by atoms with Gasteiger partial charge in [0, 0.05) is 12.5 Å². The fraction of sp³-hybridized carbons (Fsp3) is 0.370. The highest BCUT2D eigenvalue weighted by Gasteiger charge is 2.69. The van der Waals surface area contributed by atoms with E-state index < -0.39 is 67.2 Å². The smallest absolute Gasteiger partial charge is 0.265 e. The van der Waals surface area contributed by atoms with Crippen LogP contribution in [0.15, 0.2) is 131 Å². The largest absolute Gasteiger partial charge is 0.508 e. The van der Waals surface area contributed by atoms with Gasteiger partial charge >= 0.3 is 0 Å². The van der Waals surface area contributed by atoms with E-state index in [1.165, 1.54) is 12.2 Å². The van der Waals surface area contributed by atoms with Crippen LogP contribution < -0.4 is 4.74 Å². The van der Waals surface area contributed by atoms with E-state index in [1.54, 1.807) is 0 Å². The molecule has 6 atom stereocenters. The third-order valence-corrected chi connectivity index (χ3v) is 17.1. The predicted octanol–water partition coefficient (Wildman–Crippen LogP) is 9.14. The molecule has 0 radical (unpaired) electrons. The van der Waals surface area contributed by atoms with Crippen molar-refractivity contribution in [3.63, 3.8) is 0 Å². The summed E-state index contributed by atoms with van der Waals surface area (Å²) in [5.74, 6) is -3.78. The molecule has 3 aliphatic carbocycles. The maximum absolute atomic E-state index is 15.9. The molecule has 2 heterocycles. The molecule has 1 aliphatic heterocycles. The summed E-state index contributed by atoms with van der Waals surface area (Å²) in [6, 6.07) is 29.8. The molecule has 0 spiro atoms. The normalized spacial score (nSPS) is 25.3. The molecule has 1 aromatic heterocycles. The number of rotatable bonds is 14. The molecule has 0 amide bonds. The number of hydrogen-bond acceptors (Lipinski definition) is 10. The maximum atomic E-state index is 15.9. The van der Waals surface area contributed by atoms with E-state index in [-0.39, 0.29) is 48.2 Å². The van der Waals surface area contributed by atoms with Crippen molar-refractivity contribution >= 4 is 19.9 Å². The van der Waals surface area contributed by atoms with E-state index in [9.17, 15) is 5.11 Å². The van der Waals surface area contributed by atoms with Gasteiger partial charge in [0.1, 0.15) is 48.3 Å². The molecule has 3 aromatic carbocycles. The number of fused-ring (bicyclic) bond motifs is 4. The molecule has 1 saturated carbocycles. The zero-order valence-electron chi connectivity index (χ0n) is 33.2. The van der Waals surface area contributed by atoms with Crippen molar-refractivity contribution in [2.45, 2.75) is 88.9 Å². The van der Waals surface area contributed by atoms with Gasteiger partial charge in [-0.05, 0) is 65.6 Å². The molecular formula is C46H49FN2O8Si. The van der Waals surface area contributed by atoms with Crippen LogP contribution in [0.1, 0.15) is 66.0 Å². The van der Waals surface area contributed by atoms with Crippen LogP contribution >= 0.6 is 0 Å². The summed E-state index contributed by atoms with van der Waals surface area (Å²) >= 11 is 0. The molecular weight excluding hydrogens is 756 g/mol. The van der Waals surface area contributed by atoms with Crippen molar-refractivity contribution in [3.8, 4) is 5.88 Å². The molecule has 2 unspecified atom stereocenters. The van der Waals surface area contributed by atoms with Crippen LogP contribution in [0.5, 0.6) is 5.88 Å². The highest BCUT2D eigenvalue weighted by molar-refractivity contribution is 6.74. The third kappa shape index (κ3) is 6.85. The summed E-state index contributed by atoms with van der Waals surface area (Å²) < 4.78 is 48.8. The lowest BCUT2D eigenvalue weighted by Gasteiger charge is -2.55. The Hall–Kier alpha value is -5.14. The van der Waals surface area contributed by atoms with Gasteiger partial charge in [-0.1, -0.05) is 112 Å². The first-order valence-corrected chi connectivity index (χ1v) is 22.7. The summed E-state index contributed by atoms with van der Waals surface area (Å²) in [6.45, 7) is 6.73. The lowest BCUT2D eigenvalue weighted by Crippen LogP contribution is -2.69. The maximum Gasteiger partial charge on any atom is 0.265 e. The van der Waals surface area contributed by atoms with Crippen molar-refractivity contribution < 1.29 is 42.2 Å². The van der Waals surface area contributed by atoms with Crippen LogP contribution in [0.25, 0.3) is 0 Å². The molecule has 58 heavy (non-hydrogen) atoms. The Balaban J connectivity index is 1.28. The second-order valence-corrected chi connectivity index (χ2v) is 20.3. The number of likely N-dealkylation sites (N-methyl/N-ethyl adjacent to an activating group) is 1. The van der Waals surface area contributed by atoms with Crippen molar-refractivity contribution in [1.82, 2.24) is 10.1 Å². The number of benzene rings is 3. The first kappa shape index (κ1) is 39.7. The number of allylic oxidation sites excluding steroid dienone is 4. The van der Waals surface area contributed by atoms with E-state index in [0.29, 0.717) is 24.7 Å². The summed E-state index contributed by atoms with van der Waals surface area (Å²) in [7, 11) is -0.963. The average Bonchev–Trinajstić information content (AvgIpc) is 3.67. The van der Waals surface area contributed by atoms with E-state index in [4.69, 9.17) is 23.2 Å². The molecule has 12 heteroatoms.